The quantitative estimate of drug-likeness (QED) is 0.710. The van der Waals surface area contributed by atoms with Crippen LogP contribution in [0.4, 0.5) is 0 Å². The Bertz CT molecular complexity index is 571. The van der Waals surface area contributed by atoms with Gasteiger partial charge in [0, 0.05) is 12.1 Å². The molecule has 6 heteroatoms. The number of aromatic amines is 1. The highest BCUT2D eigenvalue weighted by molar-refractivity contribution is 7.99. The van der Waals surface area contributed by atoms with E-state index in [-0.39, 0.29) is 17.9 Å². The van der Waals surface area contributed by atoms with Crippen LogP contribution in [0, 0.1) is 5.92 Å². The largest absolute Gasteiger partial charge is 0.497 e. The minimum absolute atomic E-state index is 0.0321. The van der Waals surface area contributed by atoms with Gasteiger partial charge >= 0.3 is 0 Å². The Morgan fingerprint density at radius 3 is 2.80 bits per heavy atom. The number of nitrogens with zero attached hydrogens (tertiary/aromatic N) is 1. The minimum Gasteiger partial charge on any atom is -0.497 e. The van der Waals surface area contributed by atoms with Crippen molar-refractivity contribution >= 4 is 22.8 Å². The lowest BCUT2D eigenvalue weighted by molar-refractivity contribution is 0.269. The van der Waals surface area contributed by atoms with Gasteiger partial charge in [0.25, 0.3) is 0 Å². The lowest BCUT2D eigenvalue weighted by atomic mass is 10.0. The number of imidazole rings is 1. The fraction of sp³-hybridized carbons (Fsp3) is 0.500. The molecule has 2 aromatic rings. The van der Waals surface area contributed by atoms with Crippen molar-refractivity contribution in [2.75, 3.05) is 13.7 Å². The van der Waals surface area contributed by atoms with Gasteiger partial charge in [-0.15, -0.1) is 0 Å². The van der Waals surface area contributed by atoms with E-state index in [1.165, 1.54) is 11.8 Å². The molecule has 1 aromatic carbocycles. The van der Waals surface area contributed by atoms with E-state index in [1.54, 1.807) is 7.11 Å². The van der Waals surface area contributed by atoms with Gasteiger partial charge in [-0.1, -0.05) is 25.6 Å². The van der Waals surface area contributed by atoms with Crippen molar-refractivity contribution in [3.05, 3.63) is 18.2 Å². The fourth-order valence-electron chi connectivity index (χ4n) is 1.96. The number of benzene rings is 1. The lowest BCUT2D eigenvalue weighted by Crippen LogP contribution is -2.39. The second-order valence-electron chi connectivity index (χ2n) is 5.09. The van der Waals surface area contributed by atoms with Crippen LogP contribution in [0.1, 0.15) is 13.8 Å². The number of aromatic nitrogens is 2. The molecule has 2 unspecified atom stereocenters. The second kappa shape index (κ2) is 6.47. The molecule has 0 aliphatic heterocycles. The molecule has 0 amide bonds. The number of ether oxygens (including phenoxy) is 1. The fourth-order valence-corrected chi connectivity index (χ4v) is 3.11. The zero-order chi connectivity index (χ0) is 14.7. The maximum Gasteiger partial charge on any atom is 0.166 e. The van der Waals surface area contributed by atoms with Crippen molar-refractivity contribution in [3.8, 4) is 5.75 Å². The molecule has 0 saturated carbocycles. The van der Waals surface area contributed by atoms with E-state index in [0.717, 1.165) is 21.9 Å². The van der Waals surface area contributed by atoms with Crippen LogP contribution < -0.4 is 10.5 Å². The molecule has 0 bridgehead atoms. The van der Waals surface area contributed by atoms with Crippen molar-refractivity contribution in [1.29, 1.82) is 0 Å². The first kappa shape index (κ1) is 15.2. The molecule has 0 spiro atoms. The van der Waals surface area contributed by atoms with Crippen LogP contribution in [-0.4, -0.2) is 40.1 Å². The predicted molar refractivity (Wildman–Crippen MR) is 82.2 cm³/mol. The highest BCUT2D eigenvalue weighted by atomic mass is 32.2. The Kier molecular flexibility index (Phi) is 4.91. The smallest absolute Gasteiger partial charge is 0.166 e. The predicted octanol–water partition coefficient (Wildman–Crippen LogP) is 2.01. The Hall–Kier alpha value is -1.24. The number of thioether (sulfide) groups is 1. The first-order valence-electron chi connectivity index (χ1n) is 6.62. The number of nitrogens with one attached hydrogen (secondary N) is 1. The van der Waals surface area contributed by atoms with Crippen molar-refractivity contribution < 1.29 is 9.84 Å². The summed E-state index contributed by atoms with van der Waals surface area (Å²) in [4.78, 5) is 7.74. The van der Waals surface area contributed by atoms with E-state index in [2.05, 4.69) is 23.8 Å². The number of fused-ring (bicyclic) bond motifs is 1. The average Bonchev–Trinajstić information content (AvgIpc) is 2.84. The van der Waals surface area contributed by atoms with E-state index < -0.39 is 0 Å². The molecule has 1 aromatic heterocycles. The number of hydrogen-bond acceptors (Lipinski definition) is 5. The molecule has 110 valence electrons. The van der Waals surface area contributed by atoms with Crippen molar-refractivity contribution in [1.82, 2.24) is 9.97 Å². The van der Waals surface area contributed by atoms with Crippen molar-refractivity contribution in [2.24, 2.45) is 11.7 Å². The molecule has 2 rings (SSSR count). The molecule has 0 saturated heterocycles. The van der Waals surface area contributed by atoms with Crippen LogP contribution >= 0.6 is 11.8 Å². The van der Waals surface area contributed by atoms with E-state index >= 15 is 0 Å². The van der Waals surface area contributed by atoms with E-state index in [4.69, 9.17) is 10.5 Å². The molecule has 5 nitrogen and oxygen atoms in total. The molecule has 0 radical (unpaired) electrons. The minimum atomic E-state index is -0.0762. The summed E-state index contributed by atoms with van der Waals surface area (Å²) in [5.41, 5.74) is 7.91. The number of hydrogen-bond donors (Lipinski definition) is 3. The Morgan fingerprint density at radius 2 is 2.20 bits per heavy atom. The number of nitrogens with two attached hydrogens (primary N) is 1. The molecule has 1 heterocycles. The monoisotopic (exact) mass is 295 g/mol. The van der Waals surface area contributed by atoms with Crippen LogP contribution in [0.15, 0.2) is 23.4 Å². The third-order valence-corrected chi connectivity index (χ3v) is 4.49. The van der Waals surface area contributed by atoms with E-state index in [9.17, 15) is 5.11 Å². The number of aliphatic hydroxyl groups is 1. The third kappa shape index (κ3) is 3.26. The van der Waals surface area contributed by atoms with Crippen LogP contribution in [0.25, 0.3) is 11.0 Å². The van der Waals surface area contributed by atoms with Gasteiger partial charge in [0.2, 0.25) is 0 Å². The molecular weight excluding hydrogens is 274 g/mol. The van der Waals surface area contributed by atoms with Crippen LogP contribution in [-0.2, 0) is 0 Å². The second-order valence-corrected chi connectivity index (χ2v) is 6.31. The van der Waals surface area contributed by atoms with Gasteiger partial charge in [-0.25, -0.2) is 4.98 Å². The average molecular weight is 295 g/mol. The van der Waals surface area contributed by atoms with E-state index in [1.807, 2.05) is 18.2 Å². The number of methoxy groups -OCH3 is 1. The normalized spacial score (nSPS) is 14.7. The summed E-state index contributed by atoms with van der Waals surface area (Å²) in [6.07, 6.45) is 0. The van der Waals surface area contributed by atoms with Gasteiger partial charge in [-0.3, -0.25) is 0 Å². The number of H-pyrrole nitrogens is 1. The first-order chi connectivity index (χ1) is 9.55. The summed E-state index contributed by atoms with van der Waals surface area (Å²) in [7, 11) is 1.64. The highest BCUT2D eigenvalue weighted by Crippen LogP contribution is 2.28. The van der Waals surface area contributed by atoms with Gasteiger partial charge in [0.05, 0.1) is 30.0 Å². The highest BCUT2D eigenvalue weighted by Gasteiger charge is 2.22. The Morgan fingerprint density at radius 1 is 1.45 bits per heavy atom. The molecule has 0 aliphatic rings. The van der Waals surface area contributed by atoms with Gasteiger partial charge < -0.3 is 20.6 Å². The molecule has 20 heavy (non-hydrogen) atoms. The molecule has 4 N–H and O–H groups in total. The van der Waals surface area contributed by atoms with Gasteiger partial charge in [-0.2, -0.15) is 0 Å². The third-order valence-electron chi connectivity index (χ3n) is 3.31. The maximum absolute atomic E-state index is 9.50. The molecule has 0 fully saturated rings. The SMILES string of the molecule is COc1ccc2nc(SC(CO)C(N)C(C)C)[nH]c2c1. The van der Waals surface area contributed by atoms with Gasteiger partial charge in [-0.05, 0) is 18.1 Å². The summed E-state index contributed by atoms with van der Waals surface area (Å²) in [6, 6.07) is 5.61. The van der Waals surface area contributed by atoms with E-state index in [0.29, 0.717) is 5.92 Å². The van der Waals surface area contributed by atoms with Crippen LogP contribution in [0.5, 0.6) is 5.75 Å². The Labute approximate surface area is 122 Å². The number of rotatable bonds is 6. The summed E-state index contributed by atoms with van der Waals surface area (Å²) < 4.78 is 5.19. The molecule has 2 atom stereocenters. The number of aliphatic hydroxyl groups excluding tert-OH is 1. The Balaban J connectivity index is 2.20. The lowest BCUT2D eigenvalue weighted by Gasteiger charge is -2.23. The van der Waals surface area contributed by atoms with Crippen molar-refractivity contribution in [3.63, 3.8) is 0 Å². The zero-order valence-corrected chi connectivity index (χ0v) is 12.8. The van der Waals surface area contributed by atoms with Gasteiger partial charge in [0.15, 0.2) is 5.16 Å². The van der Waals surface area contributed by atoms with Crippen molar-refractivity contribution in [2.45, 2.75) is 30.3 Å². The zero-order valence-electron chi connectivity index (χ0n) is 12.0. The van der Waals surface area contributed by atoms with Gasteiger partial charge in [0.1, 0.15) is 5.75 Å². The summed E-state index contributed by atoms with van der Waals surface area (Å²) >= 11 is 1.48. The molecule has 0 aliphatic carbocycles. The summed E-state index contributed by atoms with van der Waals surface area (Å²) in [5, 5.41) is 10.2. The van der Waals surface area contributed by atoms with Crippen LogP contribution in [0.3, 0.4) is 0 Å². The summed E-state index contributed by atoms with van der Waals surface area (Å²) in [5.74, 6) is 1.10. The standard InChI is InChI=1S/C14H21N3O2S/c1-8(2)13(15)12(7-18)20-14-16-10-5-4-9(19-3)6-11(10)17-14/h4-6,8,12-13,18H,7,15H2,1-3H3,(H,16,17). The molecular formula is C14H21N3O2S. The van der Waals surface area contributed by atoms with Crippen LogP contribution in [0.2, 0.25) is 0 Å². The summed E-state index contributed by atoms with van der Waals surface area (Å²) in [6.45, 7) is 4.14. The topological polar surface area (TPSA) is 84.2 Å². The first-order valence-corrected chi connectivity index (χ1v) is 7.50. The maximum atomic E-state index is 9.50.